The average Bonchev–Trinajstić information content (AvgIpc) is 2.84. The van der Waals surface area contributed by atoms with E-state index in [0.717, 1.165) is 16.7 Å². The summed E-state index contributed by atoms with van der Waals surface area (Å²) in [5.41, 5.74) is 2.89. The Morgan fingerprint density at radius 2 is 1.54 bits per heavy atom. The normalized spacial score (nSPS) is 11.8. The number of thioether (sulfide) groups is 1. The fraction of sp³-hybridized carbons (Fsp3) is 0.286. The smallest absolute Gasteiger partial charge is 0.243 e. The highest BCUT2D eigenvalue weighted by molar-refractivity contribution is 7.99. The third-order valence-corrected chi connectivity index (χ3v) is 7.00. The Morgan fingerprint density at radius 1 is 0.886 bits per heavy atom. The number of rotatable bonds is 11. The molecule has 0 aliphatic rings. The zero-order chi connectivity index (χ0) is 25.2. The molecule has 3 rings (SSSR count). The third-order valence-electron chi connectivity index (χ3n) is 5.41. The highest BCUT2D eigenvalue weighted by Crippen LogP contribution is 2.23. The topological polar surface area (TPSA) is 49.4 Å². The van der Waals surface area contributed by atoms with Gasteiger partial charge in [0.15, 0.2) is 0 Å². The summed E-state index contributed by atoms with van der Waals surface area (Å²) < 4.78 is 0. The molecule has 3 aromatic carbocycles. The molecule has 0 fully saturated rings. The molecule has 0 aromatic heterocycles. The van der Waals surface area contributed by atoms with Crippen molar-refractivity contribution in [3.8, 4) is 0 Å². The van der Waals surface area contributed by atoms with Gasteiger partial charge in [0.2, 0.25) is 11.8 Å². The highest BCUT2D eigenvalue weighted by Gasteiger charge is 2.30. The van der Waals surface area contributed by atoms with E-state index in [0.29, 0.717) is 28.8 Å². The van der Waals surface area contributed by atoms with Crippen LogP contribution in [-0.4, -0.2) is 34.6 Å². The third kappa shape index (κ3) is 8.60. The molecule has 0 spiro atoms. The van der Waals surface area contributed by atoms with Gasteiger partial charge in [0.1, 0.15) is 6.04 Å². The molecule has 0 saturated carbocycles. The Morgan fingerprint density at radius 3 is 2.20 bits per heavy atom. The van der Waals surface area contributed by atoms with E-state index >= 15 is 0 Å². The van der Waals surface area contributed by atoms with Crippen LogP contribution in [0, 0.1) is 0 Å². The van der Waals surface area contributed by atoms with Crippen LogP contribution in [0.4, 0.5) is 0 Å². The summed E-state index contributed by atoms with van der Waals surface area (Å²) >= 11 is 13.8. The lowest BCUT2D eigenvalue weighted by atomic mass is 10.0. The first-order chi connectivity index (χ1) is 16.8. The Hall–Kier alpha value is -2.47. The maximum Gasteiger partial charge on any atom is 0.243 e. The maximum atomic E-state index is 13.6. The van der Waals surface area contributed by atoms with Gasteiger partial charge in [-0.15, -0.1) is 11.8 Å². The van der Waals surface area contributed by atoms with Gasteiger partial charge in [-0.1, -0.05) is 83.9 Å². The fourth-order valence-corrected chi connectivity index (χ4v) is 4.99. The lowest BCUT2D eigenvalue weighted by Crippen LogP contribution is -2.52. The molecule has 0 unspecified atom stereocenters. The summed E-state index contributed by atoms with van der Waals surface area (Å²) in [7, 11) is 0. The molecular weight excluding hydrogens is 499 g/mol. The van der Waals surface area contributed by atoms with Gasteiger partial charge in [-0.25, -0.2) is 0 Å². The first-order valence-electron chi connectivity index (χ1n) is 11.5. The Bertz CT molecular complexity index is 1110. The second-order valence-corrected chi connectivity index (χ2v) is 10.4. The molecule has 0 aliphatic carbocycles. The molecule has 184 valence electrons. The van der Waals surface area contributed by atoms with Crippen LogP contribution in [0.15, 0.2) is 78.9 Å². The first kappa shape index (κ1) is 27.1. The maximum absolute atomic E-state index is 13.6. The van der Waals surface area contributed by atoms with Gasteiger partial charge in [-0.05, 0) is 48.7 Å². The Kier molecular flexibility index (Phi) is 10.5. The minimum absolute atomic E-state index is 0.0390. The van der Waals surface area contributed by atoms with Crippen molar-refractivity contribution >= 4 is 46.8 Å². The molecule has 0 heterocycles. The van der Waals surface area contributed by atoms with Crippen molar-refractivity contribution in [3.05, 3.63) is 106 Å². The standard InChI is InChI=1S/C28H30Cl2N2O2S/c1-20(2)31-28(34)26(16-21-8-4-3-5-9-21)32(17-22-12-14-24(29)15-13-22)27(33)19-35-18-23-10-6-7-11-25(23)30/h3-15,20,26H,16-19H2,1-2H3,(H,31,34)/t26-/m0/s1. The second-order valence-electron chi connectivity index (χ2n) is 8.60. The van der Waals surface area contributed by atoms with Crippen molar-refractivity contribution in [3.63, 3.8) is 0 Å². The minimum Gasteiger partial charge on any atom is -0.352 e. The van der Waals surface area contributed by atoms with E-state index in [1.807, 2.05) is 80.6 Å². The number of benzene rings is 3. The summed E-state index contributed by atoms with van der Waals surface area (Å²) in [4.78, 5) is 28.6. The van der Waals surface area contributed by atoms with Gasteiger partial charge in [0.05, 0.1) is 5.75 Å². The zero-order valence-corrected chi connectivity index (χ0v) is 22.2. The predicted molar refractivity (Wildman–Crippen MR) is 147 cm³/mol. The molecule has 2 amide bonds. The SMILES string of the molecule is CC(C)NC(=O)[C@H](Cc1ccccc1)N(Cc1ccc(Cl)cc1)C(=O)CSCc1ccccc1Cl. The van der Waals surface area contributed by atoms with Crippen LogP contribution in [-0.2, 0) is 28.3 Å². The molecule has 0 radical (unpaired) electrons. The van der Waals surface area contributed by atoms with Crippen LogP contribution >= 0.6 is 35.0 Å². The minimum atomic E-state index is -0.649. The van der Waals surface area contributed by atoms with Gasteiger partial charge in [0, 0.05) is 34.8 Å². The van der Waals surface area contributed by atoms with Crippen molar-refractivity contribution < 1.29 is 9.59 Å². The summed E-state index contributed by atoms with van der Waals surface area (Å²) in [5, 5.41) is 4.31. The molecule has 4 nitrogen and oxygen atoms in total. The number of amides is 2. The number of halogens is 2. The first-order valence-corrected chi connectivity index (χ1v) is 13.4. The Labute approximate surface area is 222 Å². The number of hydrogen-bond acceptors (Lipinski definition) is 3. The largest absolute Gasteiger partial charge is 0.352 e. The molecule has 3 aromatic rings. The average molecular weight is 530 g/mol. The number of hydrogen-bond donors (Lipinski definition) is 1. The summed E-state index contributed by atoms with van der Waals surface area (Å²) in [6, 6.07) is 24.1. The highest BCUT2D eigenvalue weighted by atomic mass is 35.5. The van der Waals surface area contributed by atoms with E-state index in [1.165, 1.54) is 11.8 Å². The van der Waals surface area contributed by atoms with E-state index in [-0.39, 0.29) is 23.6 Å². The van der Waals surface area contributed by atoms with Gasteiger partial charge in [-0.3, -0.25) is 9.59 Å². The quantitative estimate of drug-likeness (QED) is 0.313. The molecule has 0 saturated heterocycles. The van der Waals surface area contributed by atoms with Crippen molar-refractivity contribution in [1.29, 1.82) is 0 Å². The van der Waals surface area contributed by atoms with Crippen LogP contribution < -0.4 is 5.32 Å². The molecule has 35 heavy (non-hydrogen) atoms. The van der Waals surface area contributed by atoms with E-state index < -0.39 is 6.04 Å². The van der Waals surface area contributed by atoms with Crippen molar-refractivity contribution in [1.82, 2.24) is 10.2 Å². The number of nitrogens with zero attached hydrogens (tertiary/aromatic N) is 1. The van der Waals surface area contributed by atoms with Gasteiger partial charge in [0.25, 0.3) is 0 Å². The van der Waals surface area contributed by atoms with Crippen molar-refractivity contribution in [2.75, 3.05) is 5.75 Å². The molecular formula is C28H30Cl2N2O2S. The summed E-state index contributed by atoms with van der Waals surface area (Å²) in [6.45, 7) is 4.15. The van der Waals surface area contributed by atoms with Crippen molar-refractivity contribution in [2.45, 2.75) is 44.6 Å². The van der Waals surface area contributed by atoms with E-state index in [1.54, 1.807) is 17.0 Å². The number of carbonyl (C=O) groups is 2. The van der Waals surface area contributed by atoms with Gasteiger partial charge in [-0.2, -0.15) is 0 Å². The van der Waals surface area contributed by atoms with Crippen LogP contribution in [0.25, 0.3) is 0 Å². The monoisotopic (exact) mass is 528 g/mol. The lowest BCUT2D eigenvalue weighted by molar-refractivity contribution is -0.139. The van der Waals surface area contributed by atoms with Gasteiger partial charge < -0.3 is 10.2 Å². The van der Waals surface area contributed by atoms with Crippen LogP contribution in [0.5, 0.6) is 0 Å². The lowest BCUT2D eigenvalue weighted by Gasteiger charge is -2.32. The van der Waals surface area contributed by atoms with E-state index in [4.69, 9.17) is 23.2 Å². The van der Waals surface area contributed by atoms with Crippen LogP contribution in [0.3, 0.4) is 0 Å². The van der Waals surface area contributed by atoms with Crippen LogP contribution in [0.2, 0.25) is 10.0 Å². The molecule has 0 bridgehead atoms. The summed E-state index contributed by atoms with van der Waals surface area (Å²) in [5.74, 6) is 0.583. The second kappa shape index (κ2) is 13.6. The fourth-order valence-electron chi connectivity index (χ4n) is 3.67. The molecule has 1 atom stereocenters. The molecule has 1 N–H and O–H groups in total. The number of nitrogens with one attached hydrogen (secondary N) is 1. The van der Waals surface area contributed by atoms with E-state index in [2.05, 4.69) is 5.32 Å². The molecule has 7 heteroatoms. The zero-order valence-electron chi connectivity index (χ0n) is 19.9. The van der Waals surface area contributed by atoms with Gasteiger partial charge >= 0.3 is 0 Å². The van der Waals surface area contributed by atoms with E-state index in [9.17, 15) is 9.59 Å². The summed E-state index contributed by atoms with van der Waals surface area (Å²) in [6.07, 6.45) is 0.425. The predicted octanol–water partition coefficient (Wildman–Crippen LogP) is 6.39. The number of carbonyl (C=O) groups excluding carboxylic acids is 2. The Balaban J connectivity index is 1.84. The molecule has 0 aliphatic heterocycles. The van der Waals surface area contributed by atoms with Crippen LogP contribution in [0.1, 0.15) is 30.5 Å². The van der Waals surface area contributed by atoms with Crippen molar-refractivity contribution in [2.24, 2.45) is 0 Å².